The Labute approximate surface area is 106 Å². The van der Waals surface area contributed by atoms with E-state index in [2.05, 4.69) is 10.3 Å². The highest BCUT2D eigenvalue weighted by molar-refractivity contribution is 5.81. The van der Waals surface area contributed by atoms with E-state index in [0.29, 0.717) is 18.4 Å². The Morgan fingerprint density at radius 3 is 3.00 bits per heavy atom. The number of amides is 1. The average Bonchev–Trinajstić information content (AvgIpc) is 2.96. The minimum atomic E-state index is 0.148. The zero-order chi connectivity index (χ0) is 12.5. The number of likely N-dealkylation sites (tertiary alicyclic amines) is 1. The van der Waals surface area contributed by atoms with Crippen LogP contribution < -0.4 is 0 Å². The molecule has 1 unspecified atom stereocenters. The van der Waals surface area contributed by atoms with Gasteiger partial charge in [-0.25, -0.2) is 0 Å². The van der Waals surface area contributed by atoms with E-state index in [4.69, 9.17) is 4.74 Å². The molecule has 1 saturated carbocycles. The van der Waals surface area contributed by atoms with Crippen LogP contribution in [0.4, 0.5) is 0 Å². The van der Waals surface area contributed by atoms with E-state index in [0.717, 1.165) is 38.0 Å². The molecular formula is C12H18N4O2. The van der Waals surface area contributed by atoms with Gasteiger partial charge in [-0.15, -0.1) is 5.10 Å². The van der Waals surface area contributed by atoms with Crippen LogP contribution in [-0.4, -0.2) is 45.0 Å². The molecule has 0 N–H and O–H groups in total. The van der Waals surface area contributed by atoms with Gasteiger partial charge in [0.2, 0.25) is 5.91 Å². The first kappa shape index (κ1) is 11.6. The van der Waals surface area contributed by atoms with Crippen LogP contribution in [0.1, 0.15) is 25.0 Å². The van der Waals surface area contributed by atoms with Gasteiger partial charge in [0.25, 0.3) is 0 Å². The fourth-order valence-corrected chi connectivity index (χ4v) is 2.32. The standard InChI is InChI=1S/C12H18N4O2/c1-15-6-10(13-14-15)8-18-11-4-5-16(7-11)12(17)9-2-3-9/h6,9,11H,2-5,7-8H2,1H3. The Bertz CT molecular complexity index is 441. The maximum absolute atomic E-state index is 11.9. The van der Waals surface area contributed by atoms with Crippen molar-refractivity contribution < 1.29 is 9.53 Å². The van der Waals surface area contributed by atoms with E-state index in [1.165, 1.54) is 0 Å². The van der Waals surface area contributed by atoms with E-state index in [1.807, 2.05) is 18.1 Å². The summed E-state index contributed by atoms with van der Waals surface area (Å²) < 4.78 is 7.44. The number of rotatable bonds is 4. The Hall–Kier alpha value is -1.43. The van der Waals surface area contributed by atoms with Crippen molar-refractivity contribution >= 4 is 5.91 Å². The van der Waals surface area contributed by atoms with Crippen LogP contribution in [0.3, 0.4) is 0 Å². The Morgan fingerprint density at radius 2 is 2.33 bits per heavy atom. The highest BCUT2D eigenvalue weighted by Crippen LogP contribution is 2.32. The molecule has 0 aromatic carbocycles. The molecule has 3 rings (SSSR count). The molecule has 0 spiro atoms. The molecule has 2 aliphatic rings. The number of aromatic nitrogens is 3. The lowest BCUT2D eigenvalue weighted by molar-refractivity contribution is -0.132. The Kier molecular flexibility index (Phi) is 3.03. The average molecular weight is 250 g/mol. The number of aryl methyl sites for hydroxylation is 1. The molecule has 0 bridgehead atoms. The van der Waals surface area contributed by atoms with Gasteiger partial charge in [-0.05, 0) is 19.3 Å². The molecule has 1 atom stereocenters. The number of ether oxygens (including phenoxy) is 1. The largest absolute Gasteiger partial charge is 0.370 e. The van der Waals surface area contributed by atoms with Gasteiger partial charge < -0.3 is 9.64 Å². The third-order valence-corrected chi connectivity index (χ3v) is 3.50. The second-order valence-electron chi connectivity index (χ2n) is 5.16. The van der Waals surface area contributed by atoms with Gasteiger partial charge >= 0.3 is 0 Å². The summed E-state index contributed by atoms with van der Waals surface area (Å²) in [6.45, 7) is 2.04. The number of hydrogen-bond acceptors (Lipinski definition) is 4. The van der Waals surface area contributed by atoms with Crippen molar-refractivity contribution in [2.75, 3.05) is 13.1 Å². The summed E-state index contributed by atoms with van der Waals surface area (Å²) in [7, 11) is 1.84. The number of carbonyl (C=O) groups excluding carboxylic acids is 1. The molecule has 1 aliphatic carbocycles. The molecule has 1 amide bonds. The van der Waals surface area contributed by atoms with Crippen molar-refractivity contribution in [1.82, 2.24) is 19.9 Å². The van der Waals surface area contributed by atoms with Crippen LogP contribution >= 0.6 is 0 Å². The molecule has 1 aromatic heterocycles. The fraction of sp³-hybridized carbons (Fsp3) is 0.750. The van der Waals surface area contributed by atoms with Gasteiger partial charge in [0.1, 0.15) is 5.69 Å². The van der Waals surface area contributed by atoms with Crippen molar-refractivity contribution in [3.8, 4) is 0 Å². The molecule has 98 valence electrons. The van der Waals surface area contributed by atoms with E-state index in [9.17, 15) is 4.79 Å². The quantitative estimate of drug-likeness (QED) is 0.773. The first-order valence-electron chi connectivity index (χ1n) is 6.48. The second-order valence-corrected chi connectivity index (χ2v) is 5.16. The first-order valence-corrected chi connectivity index (χ1v) is 6.48. The number of hydrogen-bond donors (Lipinski definition) is 0. The minimum Gasteiger partial charge on any atom is -0.370 e. The van der Waals surface area contributed by atoms with Gasteiger partial charge in [-0.3, -0.25) is 9.48 Å². The summed E-state index contributed by atoms with van der Waals surface area (Å²) in [5, 5.41) is 7.84. The zero-order valence-electron chi connectivity index (χ0n) is 10.6. The monoisotopic (exact) mass is 250 g/mol. The van der Waals surface area contributed by atoms with Gasteiger partial charge in [0, 0.05) is 26.1 Å². The highest BCUT2D eigenvalue weighted by atomic mass is 16.5. The molecule has 6 heteroatoms. The Morgan fingerprint density at radius 1 is 1.50 bits per heavy atom. The molecule has 6 nitrogen and oxygen atoms in total. The summed E-state index contributed by atoms with van der Waals surface area (Å²) in [6, 6.07) is 0. The predicted molar refractivity (Wildman–Crippen MR) is 63.5 cm³/mol. The lowest BCUT2D eigenvalue weighted by atomic mass is 10.3. The Balaban J connectivity index is 1.46. The van der Waals surface area contributed by atoms with Gasteiger partial charge in [0.15, 0.2) is 0 Å². The summed E-state index contributed by atoms with van der Waals surface area (Å²) in [6.07, 6.45) is 5.07. The molecule has 1 saturated heterocycles. The smallest absolute Gasteiger partial charge is 0.225 e. The van der Waals surface area contributed by atoms with E-state index >= 15 is 0 Å². The van der Waals surface area contributed by atoms with Crippen LogP contribution in [-0.2, 0) is 23.2 Å². The highest BCUT2D eigenvalue weighted by Gasteiger charge is 2.36. The number of carbonyl (C=O) groups is 1. The molecule has 2 heterocycles. The van der Waals surface area contributed by atoms with Crippen LogP contribution in [0.15, 0.2) is 6.20 Å². The molecule has 0 radical (unpaired) electrons. The molecule has 2 fully saturated rings. The summed E-state index contributed by atoms with van der Waals surface area (Å²) in [5.74, 6) is 0.629. The minimum absolute atomic E-state index is 0.148. The van der Waals surface area contributed by atoms with E-state index in [-0.39, 0.29) is 6.10 Å². The van der Waals surface area contributed by atoms with Gasteiger partial charge in [-0.1, -0.05) is 5.21 Å². The molecular weight excluding hydrogens is 232 g/mol. The van der Waals surface area contributed by atoms with Crippen molar-refractivity contribution in [2.24, 2.45) is 13.0 Å². The second kappa shape index (κ2) is 4.68. The lowest BCUT2D eigenvalue weighted by Gasteiger charge is -2.16. The van der Waals surface area contributed by atoms with Crippen molar-refractivity contribution in [2.45, 2.75) is 32.0 Å². The normalized spacial score (nSPS) is 23.6. The maximum Gasteiger partial charge on any atom is 0.225 e. The van der Waals surface area contributed by atoms with Crippen molar-refractivity contribution in [3.63, 3.8) is 0 Å². The van der Waals surface area contributed by atoms with Crippen LogP contribution in [0.25, 0.3) is 0 Å². The predicted octanol–water partition coefficient (Wildman–Crippen LogP) is 0.343. The van der Waals surface area contributed by atoms with E-state index in [1.54, 1.807) is 4.68 Å². The van der Waals surface area contributed by atoms with Crippen LogP contribution in [0.5, 0.6) is 0 Å². The van der Waals surface area contributed by atoms with E-state index < -0.39 is 0 Å². The summed E-state index contributed by atoms with van der Waals surface area (Å²) >= 11 is 0. The molecule has 18 heavy (non-hydrogen) atoms. The maximum atomic E-state index is 11.9. The summed E-state index contributed by atoms with van der Waals surface area (Å²) in [4.78, 5) is 13.8. The van der Waals surface area contributed by atoms with Crippen molar-refractivity contribution in [3.05, 3.63) is 11.9 Å². The first-order chi connectivity index (χ1) is 8.72. The third kappa shape index (κ3) is 2.53. The lowest BCUT2D eigenvalue weighted by Crippen LogP contribution is -2.31. The molecule has 1 aliphatic heterocycles. The van der Waals surface area contributed by atoms with Crippen molar-refractivity contribution in [1.29, 1.82) is 0 Å². The topological polar surface area (TPSA) is 60.2 Å². The summed E-state index contributed by atoms with van der Waals surface area (Å²) in [5.41, 5.74) is 0.837. The third-order valence-electron chi connectivity index (χ3n) is 3.50. The van der Waals surface area contributed by atoms with Gasteiger partial charge in [-0.2, -0.15) is 0 Å². The fourth-order valence-electron chi connectivity index (χ4n) is 2.32. The molecule has 1 aromatic rings. The zero-order valence-corrected chi connectivity index (χ0v) is 10.6. The SMILES string of the molecule is Cn1cc(COC2CCN(C(=O)C3CC3)C2)nn1. The van der Waals surface area contributed by atoms with Crippen LogP contribution in [0.2, 0.25) is 0 Å². The van der Waals surface area contributed by atoms with Gasteiger partial charge in [0.05, 0.1) is 18.9 Å². The van der Waals surface area contributed by atoms with Crippen LogP contribution in [0, 0.1) is 5.92 Å². The number of nitrogens with zero attached hydrogens (tertiary/aromatic N) is 4.